The Hall–Kier alpha value is -1.81. The minimum atomic E-state index is 0.424. The highest BCUT2D eigenvalue weighted by molar-refractivity contribution is 5.89. The Labute approximate surface area is 132 Å². The third kappa shape index (κ3) is 3.33. The van der Waals surface area contributed by atoms with E-state index in [1.807, 2.05) is 12.3 Å². The molecule has 0 aliphatic carbocycles. The van der Waals surface area contributed by atoms with Gasteiger partial charge in [0, 0.05) is 29.4 Å². The van der Waals surface area contributed by atoms with Crippen LogP contribution in [0.1, 0.15) is 26.7 Å². The first kappa shape index (κ1) is 15.1. The predicted molar refractivity (Wildman–Crippen MR) is 91.6 cm³/mol. The SMILES string of the molecule is CC(C)Nc1ccc2c(OCC3CCCN3C)nccc2c1. The van der Waals surface area contributed by atoms with Crippen molar-refractivity contribution in [2.24, 2.45) is 0 Å². The van der Waals surface area contributed by atoms with Crippen LogP contribution in [0.2, 0.25) is 0 Å². The number of fused-ring (bicyclic) bond motifs is 1. The van der Waals surface area contributed by atoms with E-state index in [9.17, 15) is 0 Å². The van der Waals surface area contributed by atoms with Crippen LogP contribution < -0.4 is 10.1 Å². The van der Waals surface area contributed by atoms with E-state index in [-0.39, 0.29) is 0 Å². The zero-order valence-electron chi connectivity index (χ0n) is 13.7. The van der Waals surface area contributed by atoms with Crippen LogP contribution in [-0.4, -0.2) is 42.2 Å². The van der Waals surface area contributed by atoms with Gasteiger partial charge in [-0.1, -0.05) is 0 Å². The molecule has 0 bridgehead atoms. The molecule has 4 heteroatoms. The summed E-state index contributed by atoms with van der Waals surface area (Å²) in [7, 11) is 2.17. The Morgan fingerprint density at radius 1 is 1.36 bits per heavy atom. The van der Waals surface area contributed by atoms with Crippen LogP contribution in [0.3, 0.4) is 0 Å². The fraction of sp³-hybridized carbons (Fsp3) is 0.500. The van der Waals surface area contributed by atoms with Crippen molar-refractivity contribution in [1.82, 2.24) is 9.88 Å². The Morgan fingerprint density at radius 2 is 2.23 bits per heavy atom. The molecule has 2 heterocycles. The zero-order valence-corrected chi connectivity index (χ0v) is 13.7. The summed E-state index contributed by atoms with van der Waals surface area (Å²) in [4.78, 5) is 6.79. The summed E-state index contributed by atoms with van der Waals surface area (Å²) in [5.41, 5.74) is 1.13. The highest BCUT2D eigenvalue weighted by Crippen LogP contribution is 2.27. The van der Waals surface area contributed by atoms with Crippen LogP contribution in [0.5, 0.6) is 5.88 Å². The summed E-state index contributed by atoms with van der Waals surface area (Å²) in [6, 6.07) is 9.33. The lowest BCUT2D eigenvalue weighted by Crippen LogP contribution is -2.30. The number of aromatic nitrogens is 1. The molecule has 1 unspecified atom stereocenters. The molecule has 1 aliphatic rings. The highest BCUT2D eigenvalue weighted by Gasteiger charge is 2.21. The number of likely N-dealkylation sites (tertiary alicyclic amines) is 1. The van der Waals surface area contributed by atoms with Gasteiger partial charge in [-0.25, -0.2) is 4.98 Å². The van der Waals surface area contributed by atoms with Gasteiger partial charge in [-0.2, -0.15) is 0 Å². The summed E-state index contributed by atoms with van der Waals surface area (Å²) in [5.74, 6) is 0.744. The molecule has 3 rings (SSSR count). The first-order chi connectivity index (χ1) is 10.6. The van der Waals surface area contributed by atoms with Crippen molar-refractivity contribution in [2.75, 3.05) is 25.5 Å². The van der Waals surface area contributed by atoms with Crippen molar-refractivity contribution in [3.63, 3.8) is 0 Å². The molecule has 1 fully saturated rings. The van der Waals surface area contributed by atoms with Crippen molar-refractivity contribution in [3.05, 3.63) is 30.5 Å². The van der Waals surface area contributed by atoms with Gasteiger partial charge in [-0.15, -0.1) is 0 Å². The lowest BCUT2D eigenvalue weighted by atomic mass is 10.1. The van der Waals surface area contributed by atoms with E-state index in [2.05, 4.69) is 54.3 Å². The van der Waals surface area contributed by atoms with Gasteiger partial charge in [0.2, 0.25) is 5.88 Å². The molecule has 0 amide bonds. The number of ether oxygens (including phenoxy) is 1. The number of hydrogen-bond donors (Lipinski definition) is 1. The van der Waals surface area contributed by atoms with E-state index in [0.717, 1.165) is 22.3 Å². The van der Waals surface area contributed by atoms with Crippen LogP contribution in [0.15, 0.2) is 30.5 Å². The number of nitrogens with zero attached hydrogens (tertiary/aromatic N) is 2. The highest BCUT2D eigenvalue weighted by atomic mass is 16.5. The minimum Gasteiger partial charge on any atom is -0.476 e. The molecule has 118 valence electrons. The standard InChI is InChI=1S/C18H25N3O/c1-13(2)20-15-6-7-17-14(11-15)8-9-19-18(17)22-12-16-5-4-10-21(16)3/h6-9,11,13,16,20H,4-5,10,12H2,1-3H3. The molecule has 0 radical (unpaired) electrons. The second kappa shape index (κ2) is 6.53. The monoisotopic (exact) mass is 299 g/mol. The fourth-order valence-electron chi connectivity index (χ4n) is 3.05. The number of likely N-dealkylation sites (N-methyl/N-ethyl adjacent to an activating group) is 1. The van der Waals surface area contributed by atoms with Crippen molar-refractivity contribution in [3.8, 4) is 5.88 Å². The van der Waals surface area contributed by atoms with Gasteiger partial charge in [-0.3, -0.25) is 0 Å². The third-order valence-electron chi connectivity index (χ3n) is 4.27. The predicted octanol–water partition coefficient (Wildman–Crippen LogP) is 3.53. The van der Waals surface area contributed by atoms with Crippen molar-refractivity contribution in [1.29, 1.82) is 0 Å². The minimum absolute atomic E-state index is 0.424. The molecule has 1 saturated heterocycles. The molecule has 1 aromatic carbocycles. The summed E-state index contributed by atoms with van der Waals surface area (Å²) in [5, 5.41) is 5.67. The summed E-state index contributed by atoms with van der Waals surface area (Å²) < 4.78 is 6.02. The largest absolute Gasteiger partial charge is 0.476 e. The molecular formula is C18H25N3O. The van der Waals surface area contributed by atoms with Crippen LogP contribution >= 0.6 is 0 Å². The number of benzene rings is 1. The fourth-order valence-corrected chi connectivity index (χ4v) is 3.05. The van der Waals surface area contributed by atoms with Gasteiger partial charge in [-0.05, 0) is 69.9 Å². The molecule has 22 heavy (non-hydrogen) atoms. The summed E-state index contributed by atoms with van der Waals surface area (Å²) in [6.07, 6.45) is 4.30. The second-order valence-electron chi connectivity index (χ2n) is 6.44. The van der Waals surface area contributed by atoms with Crippen LogP contribution in [0.4, 0.5) is 5.69 Å². The maximum atomic E-state index is 6.02. The average Bonchev–Trinajstić information content (AvgIpc) is 2.89. The average molecular weight is 299 g/mol. The van der Waals surface area contributed by atoms with Gasteiger partial charge in [0.05, 0.1) is 0 Å². The maximum absolute atomic E-state index is 6.02. The van der Waals surface area contributed by atoms with Crippen molar-refractivity contribution < 1.29 is 4.74 Å². The van der Waals surface area contributed by atoms with Crippen LogP contribution in [0, 0.1) is 0 Å². The first-order valence-electron chi connectivity index (χ1n) is 8.12. The van der Waals surface area contributed by atoms with Gasteiger partial charge < -0.3 is 15.0 Å². The van der Waals surface area contributed by atoms with Crippen LogP contribution in [0.25, 0.3) is 10.8 Å². The van der Waals surface area contributed by atoms with Gasteiger partial charge in [0.25, 0.3) is 0 Å². The van der Waals surface area contributed by atoms with Gasteiger partial charge in [0.15, 0.2) is 0 Å². The number of hydrogen-bond acceptors (Lipinski definition) is 4. The van der Waals surface area contributed by atoms with E-state index in [1.165, 1.54) is 19.4 Å². The first-order valence-corrected chi connectivity index (χ1v) is 8.12. The van der Waals surface area contributed by atoms with E-state index in [1.54, 1.807) is 0 Å². The smallest absolute Gasteiger partial charge is 0.221 e. The molecule has 0 saturated carbocycles. The second-order valence-corrected chi connectivity index (χ2v) is 6.44. The Bertz CT molecular complexity index is 641. The third-order valence-corrected chi connectivity index (χ3v) is 4.27. The number of rotatable bonds is 5. The molecule has 2 aromatic rings. The summed E-state index contributed by atoms with van der Waals surface area (Å²) in [6.45, 7) is 6.17. The normalized spacial score (nSPS) is 19.0. The molecule has 4 nitrogen and oxygen atoms in total. The van der Waals surface area contributed by atoms with Gasteiger partial charge >= 0.3 is 0 Å². The van der Waals surface area contributed by atoms with Crippen molar-refractivity contribution in [2.45, 2.75) is 38.8 Å². The summed E-state index contributed by atoms with van der Waals surface area (Å²) >= 11 is 0. The maximum Gasteiger partial charge on any atom is 0.221 e. The lowest BCUT2D eigenvalue weighted by Gasteiger charge is -2.19. The molecule has 1 aromatic heterocycles. The topological polar surface area (TPSA) is 37.4 Å². The van der Waals surface area contributed by atoms with E-state index >= 15 is 0 Å². The molecule has 0 spiro atoms. The molecule has 1 aliphatic heterocycles. The molecular weight excluding hydrogens is 274 g/mol. The zero-order chi connectivity index (χ0) is 15.5. The van der Waals surface area contributed by atoms with E-state index in [0.29, 0.717) is 18.7 Å². The lowest BCUT2D eigenvalue weighted by molar-refractivity contribution is 0.195. The number of anilines is 1. The number of nitrogens with one attached hydrogen (secondary N) is 1. The van der Waals surface area contributed by atoms with E-state index < -0.39 is 0 Å². The Morgan fingerprint density at radius 3 is 2.95 bits per heavy atom. The van der Waals surface area contributed by atoms with Crippen molar-refractivity contribution >= 4 is 16.5 Å². The quantitative estimate of drug-likeness (QED) is 0.916. The van der Waals surface area contributed by atoms with Crippen LogP contribution in [-0.2, 0) is 0 Å². The number of pyridine rings is 1. The molecule has 1 atom stereocenters. The molecule has 1 N–H and O–H groups in total. The van der Waals surface area contributed by atoms with E-state index in [4.69, 9.17) is 4.74 Å². The van der Waals surface area contributed by atoms with Gasteiger partial charge in [0.1, 0.15) is 6.61 Å². The Balaban J connectivity index is 1.78. The Kier molecular flexibility index (Phi) is 4.48.